The molecule has 2 fully saturated rings. The summed E-state index contributed by atoms with van der Waals surface area (Å²) in [5, 5.41) is 0.439. The fourth-order valence-electron chi connectivity index (χ4n) is 4.52. The van der Waals surface area contributed by atoms with Crippen LogP contribution >= 0.6 is 12.6 Å². The van der Waals surface area contributed by atoms with Crippen LogP contribution < -0.4 is 0 Å². The van der Waals surface area contributed by atoms with Gasteiger partial charge in [0.2, 0.25) is 0 Å². The lowest BCUT2D eigenvalue weighted by Crippen LogP contribution is -2.26. The van der Waals surface area contributed by atoms with E-state index in [0.29, 0.717) is 17.3 Å². The Hall–Kier alpha value is -0.470. The van der Waals surface area contributed by atoms with Crippen molar-refractivity contribution in [3.05, 3.63) is 35.4 Å². The van der Waals surface area contributed by atoms with E-state index >= 15 is 0 Å². The minimum atomic E-state index is 0.366. The third kappa shape index (κ3) is 4.54. The molecular weight excluding hydrogens is 300 g/mol. The van der Waals surface area contributed by atoms with Gasteiger partial charge in [-0.2, -0.15) is 12.6 Å². The molecule has 3 rings (SSSR count). The summed E-state index contributed by atoms with van der Waals surface area (Å²) in [6.07, 6.45) is 12.3. The van der Waals surface area contributed by atoms with Crippen molar-refractivity contribution in [1.82, 2.24) is 0 Å². The fourth-order valence-corrected chi connectivity index (χ4v) is 5.00. The quantitative estimate of drug-likeness (QED) is 0.650. The van der Waals surface area contributed by atoms with Crippen LogP contribution in [0.5, 0.6) is 0 Å². The summed E-state index contributed by atoms with van der Waals surface area (Å²) in [6, 6.07) is 9.52. The van der Waals surface area contributed by atoms with E-state index < -0.39 is 0 Å². The lowest BCUT2D eigenvalue weighted by Gasteiger charge is -2.23. The Morgan fingerprint density at radius 2 is 1.74 bits per heavy atom. The Kier molecular flexibility index (Phi) is 6.47. The van der Waals surface area contributed by atoms with E-state index in [1.54, 1.807) is 5.56 Å². The second kappa shape index (κ2) is 8.58. The molecule has 1 unspecified atom stereocenters. The largest absolute Gasteiger partial charge is 0.377 e. The number of hydrogen-bond acceptors (Lipinski definition) is 2. The number of hydrogen-bond donors (Lipinski definition) is 1. The minimum Gasteiger partial charge on any atom is -0.377 e. The molecule has 0 amide bonds. The molecule has 3 atom stereocenters. The second-order valence-electron chi connectivity index (χ2n) is 7.44. The first-order valence-corrected chi connectivity index (χ1v) is 10.2. The van der Waals surface area contributed by atoms with Crippen LogP contribution in [0, 0.1) is 5.92 Å². The number of thiol groups is 1. The monoisotopic (exact) mass is 332 g/mol. The third-order valence-electron chi connectivity index (χ3n) is 5.90. The molecule has 2 aliphatic rings. The van der Waals surface area contributed by atoms with Gasteiger partial charge in [0.1, 0.15) is 0 Å². The molecule has 23 heavy (non-hydrogen) atoms. The van der Waals surface area contributed by atoms with Crippen LogP contribution in [-0.4, -0.2) is 18.0 Å². The van der Waals surface area contributed by atoms with Gasteiger partial charge in [0, 0.05) is 11.9 Å². The molecule has 0 spiro atoms. The minimum absolute atomic E-state index is 0.366. The summed E-state index contributed by atoms with van der Waals surface area (Å²) in [5.74, 6) is 1.51. The second-order valence-corrected chi connectivity index (χ2v) is 8.10. The van der Waals surface area contributed by atoms with Crippen molar-refractivity contribution in [2.24, 2.45) is 5.92 Å². The van der Waals surface area contributed by atoms with E-state index in [9.17, 15) is 0 Å². The maximum absolute atomic E-state index is 5.94. The number of aryl methyl sites for hydroxylation is 1. The van der Waals surface area contributed by atoms with E-state index in [1.165, 1.54) is 63.4 Å². The van der Waals surface area contributed by atoms with Gasteiger partial charge >= 0.3 is 0 Å². The number of ether oxygens (including phenoxy) is 1. The number of benzene rings is 1. The average Bonchev–Trinajstić information content (AvgIpc) is 2.95. The molecule has 0 aliphatic heterocycles. The number of rotatable bonds is 6. The molecule has 2 heteroatoms. The van der Waals surface area contributed by atoms with E-state index in [2.05, 4.69) is 31.2 Å². The Bertz CT molecular complexity index is 463. The highest BCUT2D eigenvalue weighted by Crippen LogP contribution is 2.36. The predicted molar refractivity (Wildman–Crippen MR) is 102 cm³/mol. The summed E-state index contributed by atoms with van der Waals surface area (Å²) >= 11 is 4.71. The maximum Gasteiger partial charge on any atom is 0.0719 e. The smallest absolute Gasteiger partial charge is 0.0719 e. The molecule has 0 aromatic heterocycles. The first-order valence-electron chi connectivity index (χ1n) is 9.66. The van der Waals surface area contributed by atoms with Gasteiger partial charge in [-0.3, -0.25) is 0 Å². The topological polar surface area (TPSA) is 9.23 Å². The Labute approximate surface area is 147 Å². The van der Waals surface area contributed by atoms with Crippen molar-refractivity contribution in [2.75, 3.05) is 6.61 Å². The van der Waals surface area contributed by atoms with Crippen LogP contribution in [0.15, 0.2) is 24.3 Å². The van der Waals surface area contributed by atoms with Crippen LogP contribution in [-0.2, 0) is 11.2 Å². The molecule has 1 nitrogen and oxygen atoms in total. The van der Waals surface area contributed by atoms with Gasteiger partial charge in [-0.05, 0) is 68.4 Å². The molecule has 1 aromatic carbocycles. The summed E-state index contributed by atoms with van der Waals surface area (Å²) in [7, 11) is 0. The van der Waals surface area contributed by atoms with E-state index in [0.717, 1.165) is 12.5 Å². The zero-order chi connectivity index (χ0) is 16.1. The summed E-state index contributed by atoms with van der Waals surface area (Å²) in [4.78, 5) is 0. The molecule has 1 aromatic rings. The van der Waals surface area contributed by atoms with Crippen LogP contribution in [0.1, 0.15) is 75.3 Å². The van der Waals surface area contributed by atoms with Crippen LogP contribution in [0.3, 0.4) is 0 Å². The van der Waals surface area contributed by atoms with Crippen LogP contribution in [0.4, 0.5) is 0 Å². The highest BCUT2D eigenvalue weighted by molar-refractivity contribution is 7.81. The molecule has 0 radical (unpaired) electrons. The fraction of sp³-hybridized carbons (Fsp3) is 0.714. The lowest BCUT2D eigenvalue weighted by molar-refractivity contribution is 0.0374. The van der Waals surface area contributed by atoms with Gasteiger partial charge < -0.3 is 4.74 Å². The molecule has 2 aliphatic carbocycles. The predicted octanol–water partition coefficient (Wildman–Crippen LogP) is 5.78. The summed E-state index contributed by atoms with van der Waals surface area (Å²) < 4.78 is 5.94. The van der Waals surface area contributed by atoms with Crippen molar-refractivity contribution in [1.29, 1.82) is 0 Å². The summed E-state index contributed by atoms with van der Waals surface area (Å²) in [6.45, 7) is 2.91. The Balaban J connectivity index is 1.52. The SMILES string of the molecule is CCO[C@@H]1C(CCc2ccc(C3CCCCC3)cc2)CC[C@H]1S. The van der Waals surface area contributed by atoms with Crippen molar-refractivity contribution in [2.45, 2.75) is 82.0 Å². The highest BCUT2D eigenvalue weighted by Gasteiger charge is 2.34. The zero-order valence-corrected chi connectivity index (χ0v) is 15.4. The first-order chi connectivity index (χ1) is 11.3. The molecule has 2 saturated carbocycles. The van der Waals surface area contributed by atoms with Crippen molar-refractivity contribution in [3.8, 4) is 0 Å². The summed E-state index contributed by atoms with van der Waals surface area (Å²) in [5.41, 5.74) is 3.05. The van der Waals surface area contributed by atoms with Crippen molar-refractivity contribution in [3.63, 3.8) is 0 Å². The van der Waals surface area contributed by atoms with E-state index in [4.69, 9.17) is 17.4 Å². The molecular formula is C21H32OS. The van der Waals surface area contributed by atoms with E-state index in [-0.39, 0.29) is 0 Å². The van der Waals surface area contributed by atoms with Gasteiger partial charge in [0.25, 0.3) is 0 Å². The Morgan fingerprint density at radius 3 is 2.43 bits per heavy atom. The van der Waals surface area contributed by atoms with Crippen molar-refractivity contribution < 1.29 is 4.74 Å². The average molecular weight is 333 g/mol. The standard InChI is InChI=1S/C21H32OS/c1-2-22-21-19(14-15-20(21)23)13-10-16-8-11-18(12-9-16)17-6-4-3-5-7-17/h8-9,11-12,17,19-21,23H,2-7,10,13-15H2,1H3/t19?,20-,21-/m1/s1. The zero-order valence-electron chi connectivity index (χ0n) is 14.5. The van der Waals surface area contributed by atoms with Crippen molar-refractivity contribution >= 4 is 12.6 Å². The lowest BCUT2D eigenvalue weighted by atomic mass is 9.83. The molecule has 128 valence electrons. The van der Waals surface area contributed by atoms with Gasteiger partial charge in [0.15, 0.2) is 0 Å². The maximum atomic E-state index is 5.94. The third-order valence-corrected chi connectivity index (χ3v) is 6.45. The highest BCUT2D eigenvalue weighted by atomic mass is 32.1. The normalized spacial score (nSPS) is 29.0. The molecule has 0 heterocycles. The Morgan fingerprint density at radius 1 is 1.00 bits per heavy atom. The molecule has 0 N–H and O–H groups in total. The van der Waals surface area contributed by atoms with Crippen LogP contribution in [0.25, 0.3) is 0 Å². The molecule has 0 saturated heterocycles. The van der Waals surface area contributed by atoms with Gasteiger partial charge in [-0.25, -0.2) is 0 Å². The first kappa shape index (κ1) is 17.4. The van der Waals surface area contributed by atoms with Gasteiger partial charge in [0.05, 0.1) is 6.10 Å². The van der Waals surface area contributed by atoms with Crippen LogP contribution in [0.2, 0.25) is 0 Å². The van der Waals surface area contributed by atoms with E-state index in [1.807, 2.05) is 0 Å². The van der Waals surface area contributed by atoms with Gasteiger partial charge in [-0.15, -0.1) is 0 Å². The van der Waals surface area contributed by atoms with Gasteiger partial charge in [-0.1, -0.05) is 43.5 Å². The molecule has 0 bridgehead atoms.